The molecule has 0 fully saturated rings. The molecule has 2 aromatic rings. The van der Waals surface area contributed by atoms with Crippen molar-refractivity contribution in [3.63, 3.8) is 0 Å². The Morgan fingerprint density at radius 1 is 1.00 bits per heavy atom. The van der Waals surface area contributed by atoms with Gasteiger partial charge in [0, 0.05) is 0 Å². The second kappa shape index (κ2) is 8.33. The molecule has 0 amide bonds. The van der Waals surface area contributed by atoms with Crippen LogP contribution in [-0.2, 0) is 25.7 Å². The van der Waals surface area contributed by atoms with Gasteiger partial charge in [0.15, 0.2) is 0 Å². The van der Waals surface area contributed by atoms with E-state index in [1.54, 1.807) is 75.4 Å². The van der Waals surface area contributed by atoms with Crippen LogP contribution < -0.4 is 5.73 Å². The highest BCUT2D eigenvalue weighted by Gasteiger charge is 2.50. The van der Waals surface area contributed by atoms with Crippen LogP contribution in [0.1, 0.15) is 37.8 Å². The molecule has 2 atom stereocenters. The Kier molecular flexibility index (Phi) is 6.36. The Labute approximate surface area is 158 Å². The third-order valence-corrected chi connectivity index (χ3v) is 3.86. The van der Waals surface area contributed by atoms with Crippen LogP contribution in [0.5, 0.6) is 0 Å². The first-order valence-corrected chi connectivity index (χ1v) is 8.61. The maximum Gasteiger partial charge on any atom is 0.352 e. The maximum atomic E-state index is 12.9. The van der Waals surface area contributed by atoms with Gasteiger partial charge in [-0.25, -0.2) is 4.79 Å². The average molecular weight is 371 g/mol. The zero-order chi connectivity index (χ0) is 20.1. The standard InChI is InChI=1S/C21H25NO5/c1-20(2,3)27-18(23)17(16-12-8-5-9-13-16)21(22,19(24)25)26-14-15-10-6-4-7-11-15/h4-13,17H,14,22H2,1-3H3,(H,24,25)/t17-,21-/m1/s1. The number of nitrogens with two attached hydrogens (primary N) is 1. The Balaban J connectivity index is 2.41. The number of benzene rings is 2. The molecule has 2 aromatic carbocycles. The van der Waals surface area contributed by atoms with Gasteiger partial charge in [-0.15, -0.1) is 0 Å². The van der Waals surface area contributed by atoms with E-state index < -0.39 is 29.2 Å². The Bertz CT molecular complexity index is 770. The minimum Gasteiger partial charge on any atom is -0.478 e. The Morgan fingerprint density at radius 3 is 2.00 bits per heavy atom. The molecule has 0 aliphatic heterocycles. The summed E-state index contributed by atoms with van der Waals surface area (Å²) in [4.78, 5) is 24.9. The number of carbonyl (C=O) groups is 2. The fraction of sp³-hybridized carbons (Fsp3) is 0.333. The molecular weight excluding hydrogens is 346 g/mol. The van der Waals surface area contributed by atoms with Crippen molar-refractivity contribution in [1.29, 1.82) is 0 Å². The van der Waals surface area contributed by atoms with Gasteiger partial charge in [-0.2, -0.15) is 0 Å². The highest BCUT2D eigenvalue weighted by molar-refractivity contribution is 5.90. The number of aliphatic carboxylic acids is 1. The van der Waals surface area contributed by atoms with Gasteiger partial charge < -0.3 is 14.6 Å². The van der Waals surface area contributed by atoms with Crippen LogP contribution in [0.15, 0.2) is 60.7 Å². The zero-order valence-corrected chi connectivity index (χ0v) is 15.7. The summed E-state index contributed by atoms with van der Waals surface area (Å²) in [6.45, 7) is 5.06. The predicted octanol–water partition coefficient (Wildman–Crippen LogP) is 3.07. The van der Waals surface area contributed by atoms with E-state index in [0.29, 0.717) is 5.56 Å². The van der Waals surface area contributed by atoms with Gasteiger partial charge in [0.25, 0.3) is 0 Å². The van der Waals surface area contributed by atoms with E-state index in [-0.39, 0.29) is 6.61 Å². The predicted molar refractivity (Wildman–Crippen MR) is 101 cm³/mol. The van der Waals surface area contributed by atoms with Crippen molar-refractivity contribution in [3.8, 4) is 0 Å². The molecule has 0 aliphatic rings. The monoisotopic (exact) mass is 371 g/mol. The molecule has 0 spiro atoms. The van der Waals surface area contributed by atoms with Crippen LogP contribution in [0.4, 0.5) is 0 Å². The summed E-state index contributed by atoms with van der Waals surface area (Å²) in [7, 11) is 0. The number of hydrogen-bond donors (Lipinski definition) is 2. The first-order chi connectivity index (χ1) is 12.6. The van der Waals surface area contributed by atoms with Crippen LogP contribution in [0.3, 0.4) is 0 Å². The zero-order valence-electron chi connectivity index (χ0n) is 15.7. The van der Waals surface area contributed by atoms with Crippen molar-refractivity contribution < 1.29 is 24.2 Å². The second-order valence-corrected chi connectivity index (χ2v) is 7.25. The van der Waals surface area contributed by atoms with E-state index in [0.717, 1.165) is 5.56 Å². The van der Waals surface area contributed by atoms with Crippen molar-refractivity contribution in [2.75, 3.05) is 0 Å². The summed E-state index contributed by atoms with van der Waals surface area (Å²) >= 11 is 0. The lowest BCUT2D eigenvalue weighted by Gasteiger charge is -2.34. The second-order valence-electron chi connectivity index (χ2n) is 7.25. The minimum atomic E-state index is -2.29. The van der Waals surface area contributed by atoms with Crippen molar-refractivity contribution in [3.05, 3.63) is 71.8 Å². The fourth-order valence-electron chi connectivity index (χ4n) is 2.61. The molecule has 0 heterocycles. The van der Waals surface area contributed by atoms with Crippen LogP contribution in [0.2, 0.25) is 0 Å². The molecule has 0 unspecified atom stereocenters. The van der Waals surface area contributed by atoms with E-state index in [4.69, 9.17) is 15.2 Å². The van der Waals surface area contributed by atoms with Gasteiger partial charge in [0.05, 0.1) is 6.61 Å². The molecule has 0 radical (unpaired) electrons. The number of carbonyl (C=O) groups excluding carboxylic acids is 1. The van der Waals surface area contributed by atoms with Crippen LogP contribution in [0.25, 0.3) is 0 Å². The maximum absolute atomic E-state index is 12.9. The largest absolute Gasteiger partial charge is 0.478 e. The smallest absolute Gasteiger partial charge is 0.352 e. The molecule has 6 heteroatoms. The molecule has 2 rings (SSSR count). The lowest BCUT2D eigenvalue weighted by molar-refractivity contribution is -0.184. The molecule has 0 aromatic heterocycles. The average Bonchev–Trinajstić information content (AvgIpc) is 2.60. The molecule has 27 heavy (non-hydrogen) atoms. The summed E-state index contributed by atoms with van der Waals surface area (Å²) in [5.74, 6) is -3.54. The quantitative estimate of drug-likeness (QED) is 0.573. The Morgan fingerprint density at radius 2 is 1.52 bits per heavy atom. The normalized spacial score (nSPS) is 14.8. The number of carboxylic acid groups (broad SMARTS) is 1. The van der Waals surface area contributed by atoms with Crippen molar-refractivity contribution in [1.82, 2.24) is 0 Å². The van der Waals surface area contributed by atoms with Gasteiger partial charge >= 0.3 is 11.9 Å². The number of hydrogen-bond acceptors (Lipinski definition) is 5. The highest BCUT2D eigenvalue weighted by atomic mass is 16.6. The van der Waals surface area contributed by atoms with E-state index in [9.17, 15) is 14.7 Å². The molecular formula is C21H25NO5. The van der Waals surface area contributed by atoms with Gasteiger partial charge in [0.1, 0.15) is 11.5 Å². The molecule has 0 bridgehead atoms. The minimum absolute atomic E-state index is 0.0598. The summed E-state index contributed by atoms with van der Waals surface area (Å²) in [6.07, 6.45) is 0. The topological polar surface area (TPSA) is 98.9 Å². The van der Waals surface area contributed by atoms with Gasteiger partial charge in [0.2, 0.25) is 5.72 Å². The lowest BCUT2D eigenvalue weighted by atomic mass is 9.88. The molecule has 0 saturated heterocycles. The van der Waals surface area contributed by atoms with E-state index in [1.807, 2.05) is 6.07 Å². The third-order valence-electron chi connectivity index (χ3n) is 3.86. The number of ether oxygens (including phenoxy) is 2. The van der Waals surface area contributed by atoms with Crippen molar-refractivity contribution in [2.45, 2.75) is 44.6 Å². The number of rotatable bonds is 7. The van der Waals surface area contributed by atoms with Crippen molar-refractivity contribution >= 4 is 11.9 Å². The van der Waals surface area contributed by atoms with Crippen LogP contribution in [-0.4, -0.2) is 28.4 Å². The molecule has 3 N–H and O–H groups in total. The number of carboxylic acids is 1. The fourth-order valence-corrected chi connectivity index (χ4v) is 2.61. The van der Waals surface area contributed by atoms with Gasteiger partial charge in [-0.3, -0.25) is 10.5 Å². The van der Waals surface area contributed by atoms with E-state index in [1.165, 1.54) is 0 Å². The third kappa shape index (κ3) is 5.39. The van der Waals surface area contributed by atoms with E-state index >= 15 is 0 Å². The highest BCUT2D eigenvalue weighted by Crippen LogP contribution is 2.32. The van der Waals surface area contributed by atoms with Crippen LogP contribution in [0, 0.1) is 0 Å². The number of esters is 1. The molecule has 0 saturated carbocycles. The molecule has 6 nitrogen and oxygen atoms in total. The summed E-state index contributed by atoms with van der Waals surface area (Å²) in [6, 6.07) is 17.4. The van der Waals surface area contributed by atoms with Gasteiger partial charge in [-0.1, -0.05) is 60.7 Å². The summed E-state index contributed by atoms with van der Waals surface area (Å²) < 4.78 is 11.0. The van der Waals surface area contributed by atoms with E-state index in [2.05, 4.69) is 0 Å². The lowest BCUT2D eigenvalue weighted by Crippen LogP contribution is -2.58. The first kappa shape index (κ1) is 20.6. The Hall–Kier alpha value is -2.70. The van der Waals surface area contributed by atoms with Crippen LogP contribution >= 0.6 is 0 Å². The molecule has 144 valence electrons. The molecule has 0 aliphatic carbocycles. The van der Waals surface area contributed by atoms with Crippen molar-refractivity contribution in [2.24, 2.45) is 5.73 Å². The van der Waals surface area contributed by atoms with Gasteiger partial charge in [-0.05, 0) is 31.9 Å². The SMILES string of the molecule is CC(C)(C)OC(=O)[C@@H](c1ccccc1)[C@@](N)(OCc1ccccc1)C(=O)O. The first-order valence-electron chi connectivity index (χ1n) is 8.61. The summed E-state index contributed by atoms with van der Waals surface area (Å²) in [5, 5.41) is 9.83. The summed E-state index contributed by atoms with van der Waals surface area (Å²) in [5.41, 5.74) is 4.21.